The van der Waals surface area contributed by atoms with Gasteiger partial charge < -0.3 is 11.1 Å². The number of carbonyl (C=O) groups excluding carboxylic acids is 1. The van der Waals surface area contributed by atoms with Gasteiger partial charge in [-0.2, -0.15) is 0 Å². The molecule has 0 aromatic heterocycles. The lowest BCUT2D eigenvalue weighted by atomic mass is 10.1. The molecular weight excluding hydrogens is 212 g/mol. The first-order valence-corrected chi connectivity index (χ1v) is 6.19. The highest BCUT2D eigenvalue weighted by Crippen LogP contribution is 2.10. The summed E-state index contributed by atoms with van der Waals surface area (Å²) in [5, 5.41) is 2.92. The topological polar surface area (TPSA) is 55.1 Å². The van der Waals surface area contributed by atoms with Crippen molar-refractivity contribution in [3.63, 3.8) is 0 Å². The normalized spacial score (nSPS) is 10.5. The Hall–Kier alpha value is -1.51. The summed E-state index contributed by atoms with van der Waals surface area (Å²) in [4.78, 5) is 11.6. The van der Waals surface area contributed by atoms with Crippen molar-refractivity contribution in [1.82, 2.24) is 5.32 Å². The molecule has 1 aromatic rings. The molecular formula is C14H22N2O. The van der Waals surface area contributed by atoms with E-state index in [1.807, 2.05) is 24.3 Å². The minimum Gasteiger partial charge on any atom is -0.398 e. The van der Waals surface area contributed by atoms with Crippen LogP contribution in [0, 0.1) is 5.92 Å². The van der Waals surface area contributed by atoms with Crippen LogP contribution in [-0.2, 0) is 11.2 Å². The molecule has 1 aromatic carbocycles. The smallest absolute Gasteiger partial charge is 0.224 e. The molecule has 94 valence electrons. The third-order valence-electron chi connectivity index (χ3n) is 2.69. The number of benzene rings is 1. The van der Waals surface area contributed by atoms with E-state index in [1.54, 1.807) is 0 Å². The van der Waals surface area contributed by atoms with Crippen molar-refractivity contribution in [2.24, 2.45) is 5.92 Å². The fourth-order valence-corrected chi connectivity index (χ4v) is 1.67. The highest BCUT2D eigenvalue weighted by atomic mass is 16.1. The van der Waals surface area contributed by atoms with Gasteiger partial charge in [-0.15, -0.1) is 0 Å². The summed E-state index contributed by atoms with van der Waals surface area (Å²) in [5.74, 6) is 0.739. The van der Waals surface area contributed by atoms with Crippen LogP contribution in [0.1, 0.15) is 32.3 Å². The van der Waals surface area contributed by atoms with Crippen molar-refractivity contribution in [1.29, 1.82) is 0 Å². The Kier molecular flexibility index (Phi) is 5.53. The third-order valence-corrected chi connectivity index (χ3v) is 2.69. The van der Waals surface area contributed by atoms with Gasteiger partial charge in [-0.3, -0.25) is 4.79 Å². The predicted octanol–water partition coefficient (Wildman–Crippen LogP) is 2.36. The molecule has 0 aliphatic heterocycles. The standard InChI is InChI=1S/C14H22N2O/c1-11(2)6-5-9-16-14(17)10-12-7-3-4-8-13(12)15/h3-4,7-8,11H,5-6,9-10,15H2,1-2H3,(H,16,17). The van der Waals surface area contributed by atoms with Gasteiger partial charge >= 0.3 is 0 Å². The first kappa shape index (κ1) is 13.6. The molecule has 0 saturated heterocycles. The number of para-hydroxylation sites is 1. The van der Waals surface area contributed by atoms with Crippen LogP contribution < -0.4 is 11.1 Å². The van der Waals surface area contributed by atoms with Gasteiger partial charge in [0.15, 0.2) is 0 Å². The summed E-state index contributed by atoms with van der Waals surface area (Å²) in [6.45, 7) is 5.13. The van der Waals surface area contributed by atoms with Crippen LogP contribution in [0.4, 0.5) is 5.69 Å². The van der Waals surface area contributed by atoms with Gasteiger partial charge in [0.25, 0.3) is 0 Å². The lowest BCUT2D eigenvalue weighted by Crippen LogP contribution is -2.26. The summed E-state index contributed by atoms with van der Waals surface area (Å²) in [7, 11) is 0. The van der Waals surface area contributed by atoms with E-state index in [-0.39, 0.29) is 5.91 Å². The fraction of sp³-hybridized carbons (Fsp3) is 0.500. The molecule has 0 bridgehead atoms. The van der Waals surface area contributed by atoms with Crippen LogP contribution in [0.3, 0.4) is 0 Å². The molecule has 0 saturated carbocycles. The maximum atomic E-state index is 11.6. The number of nitrogen functional groups attached to an aromatic ring is 1. The van der Waals surface area contributed by atoms with E-state index in [2.05, 4.69) is 19.2 Å². The second-order valence-electron chi connectivity index (χ2n) is 4.76. The van der Waals surface area contributed by atoms with Crippen molar-refractivity contribution < 1.29 is 4.79 Å². The monoisotopic (exact) mass is 234 g/mol. The molecule has 0 spiro atoms. The number of hydrogen-bond acceptors (Lipinski definition) is 2. The number of nitrogens with one attached hydrogen (secondary N) is 1. The molecule has 3 nitrogen and oxygen atoms in total. The molecule has 0 unspecified atom stereocenters. The van der Waals surface area contributed by atoms with Crippen LogP contribution in [0.25, 0.3) is 0 Å². The Morgan fingerprint density at radius 3 is 2.71 bits per heavy atom. The Balaban J connectivity index is 2.28. The zero-order valence-electron chi connectivity index (χ0n) is 10.7. The molecule has 0 fully saturated rings. The van der Waals surface area contributed by atoms with E-state index in [1.165, 1.54) is 0 Å². The highest BCUT2D eigenvalue weighted by molar-refractivity contribution is 5.80. The molecule has 0 aliphatic carbocycles. The van der Waals surface area contributed by atoms with E-state index in [0.717, 1.165) is 24.9 Å². The number of anilines is 1. The van der Waals surface area contributed by atoms with Crippen LogP contribution in [-0.4, -0.2) is 12.5 Å². The Morgan fingerprint density at radius 1 is 1.35 bits per heavy atom. The quantitative estimate of drug-likeness (QED) is 0.586. The summed E-state index contributed by atoms with van der Waals surface area (Å²) in [6.07, 6.45) is 2.55. The average Bonchev–Trinajstić information content (AvgIpc) is 2.27. The zero-order valence-corrected chi connectivity index (χ0v) is 10.7. The average molecular weight is 234 g/mol. The van der Waals surface area contributed by atoms with Gasteiger partial charge in [-0.1, -0.05) is 32.0 Å². The van der Waals surface area contributed by atoms with Gasteiger partial charge in [-0.05, 0) is 30.4 Å². The van der Waals surface area contributed by atoms with E-state index in [0.29, 0.717) is 18.0 Å². The second-order valence-corrected chi connectivity index (χ2v) is 4.76. The third kappa shape index (κ3) is 5.38. The number of hydrogen-bond donors (Lipinski definition) is 2. The van der Waals surface area contributed by atoms with Crippen molar-refractivity contribution in [3.05, 3.63) is 29.8 Å². The number of rotatable bonds is 6. The Morgan fingerprint density at radius 2 is 2.06 bits per heavy atom. The van der Waals surface area contributed by atoms with Crippen LogP contribution >= 0.6 is 0 Å². The van der Waals surface area contributed by atoms with E-state index < -0.39 is 0 Å². The molecule has 3 heteroatoms. The molecule has 1 amide bonds. The molecule has 0 atom stereocenters. The maximum Gasteiger partial charge on any atom is 0.224 e. The molecule has 1 rings (SSSR count). The Labute approximate surface area is 103 Å². The predicted molar refractivity (Wildman–Crippen MR) is 71.6 cm³/mol. The summed E-state index contributed by atoms with van der Waals surface area (Å²) in [5.41, 5.74) is 7.37. The van der Waals surface area contributed by atoms with Crippen LogP contribution in [0.5, 0.6) is 0 Å². The number of amides is 1. The summed E-state index contributed by atoms with van der Waals surface area (Å²) < 4.78 is 0. The summed E-state index contributed by atoms with van der Waals surface area (Å²) >= 11 is 0. The first-order valence-electron chi connectivity index (χ1n) is 6.19. The van der Waals surface area contributed by atoms with E-state index in [4.69, 9.17) is 5.73 Å². The van der Waals surface area contributed by atoms with Crippen LogP contribution in [0.15, 0.2) is 24.3 Å². The van der Waals surface area contributed by atoms with Crippen LogP contribution in [0.2, 0.25) is 0 Å². The zero-order chi connectivity index (χ0) is 12.7. The summed E-state index contributed by atoms with van der Waals surface area (Å²) in [6, 6.07) is 7.49. The fourth-order valence-electron chi connectivity index (χ4n) is 1.67. The molecule has 0 radical (unpaired) electrons. The Bertz CT molecular complexity index is 361. The molecule has 3 N–H and O–H groups in total. The molecule has 0 aliphatic rings. The van der Waals surface area contributed by atoms with Gasteiger partial charge in [0, 0.05) is 12.2 Å². The van der Waals surface area contributed by atoms with E-state index >= 15 is 0 Å². The second kappa shape index (κ2) is 6.94. The van der Waals surface area contributed by atoms with E-state index in [9.17, 15) is 4.79 Å². The van der Waals surface area contributed by atoms with Gasteiger partial charge in [0.05, 0.1) is 6.42 Å². The first-order chi connectivity index (χ1) is 8.09. The molecule has 0 heterocycles. The minimum absolute atomic E-state index is 0.0478. The van der Waals surface area contributed by atoms with Gasteiger partial charge in [0.1, 0.15) is 0 Å². The SMILES string of the molecule is CC(C)CCCNC(=O)Cc1ccccc1N. The highest BCUT2D eigenvalue weighted by Gasteiger charge is 2.05. The van der Waals surface area contributed by atoms with Crippen molar-refractivity contribution in [3.8, 4) is 0 Å². The minimum atomic E-state index is 0.0478. The number of carbonyl (C=O) groups is 1. The largest absolute Gasteiger partial charge is 0.398 e. The van der Waals surface area contributed by atoms with Gasteiger partial charge in [0.2, 0.25) is 5.91 Å². The lowest BCUT2D eigenvalue weighted by molar-refractivity contribution is -0.120. The lowest BCUT2D eigenvalue weighted by Gasteiger charge is -2.08. The molecule has 17 heavy (non-hydrogen) atoms. The van der Waals surface area contributed by atoms with Crippen molar-refractivity contribution in [2.75, 3.05) is 12.3 Å². The van der Waals surface area contributed by atoms with Crippen molar-refractivity contribution in [2.45, 2.75) is 33.1 Å². The number of nitrogens with two attached hydrogens (primary N) is 1. The van der Waals surface area contributed by atoms with Crippen molar-refractivity contribution >= 4 is 11.6 Å². The maximum absolute atomic E-state index is 11.6. The van der Waals surface area contributed by atoms with Gasteiger partial charge in [-0.25, -0.2) is 0 Å².